The van der Waals surface area contributed by atoms with Crippen LogP contribution < -0.4 is 0 Å². The van der Waals surface area contributed by atoms with Crippen molar-refractivity contribution in [3.63, 3.8) is 0 Å². The summed E-state index contributed by atoms with van der Waals surface area (Å²) in [6.45, 7) is 2.83. The van der Waals surface area contributed by atoms with Crippen LogP contribution in [0.2, 0.25) is 0 Å². The van der Waals surface area contributed by atoms with E-state index in [1.54, 1.807) is 17.9 Å². The Morgan fingerprint density at radius 1 is 1.50 bits per heavy atom. The molecule has 112 valence electrons. The van der Waals surface area contributed by atoms with E-state index in [0.29, 0.717) is 25.1 Å². The van der Waals surface area contributed by atoms with Gasteiger partial charge in [-0.25, -0.2) is 12.7 Å². The van der Waals surface area contributed by atoms with Gasteiger partial charge in [0.25, 0.3) is 0 Å². The molecule has 1 saturated heterocycles. The summed E-state index contributed by atoms with van der Waals surface area (Å²) in [6, 6.07) is 0. The van der Waals surface area contributed by atoms with Gasteiger partial charge in [-0.1, -0.05) is 0 Å². The molecule has 1 aliphatic rings. The number of hydrogen-bond acceptors (Lipinski definition) is 4. The standard InChI is InChI=1S/C13H21N3O3S/c1-10-12(9-15(2)14-10)13(17)7-11-5-4-6-16(8-11)20(3,18)19/h9,11H,4-8H2,1-3H3. The quantitative estimate of drug-likeness (QED) is 0.777. The molecule has 1 aliphatic heterocycles. The molecule has 1 atom stereocenters. The van der Waals surface area contributed by atoms with E-state index < -0.39 is 10.0 Å². The lowest BCUT2D eigenvalue weighted by molar-refractivity contribution is 0.0941. The van der Waals surface area contributed by atoms with E-state index in [0.717, 1.165) is 18.5 Å². The number of carbonyl (C=O) groups excluding carboxylic acids is 1. The van der Waals surface area contributed by atoms with Crippen LogP contribution in [0.15, 0.2) is 6.20 Å². The SMILES string of the molecule is Cc1nn(C)cc1C(=O)CC1CCCN(S(C)(=O)=O)C1. The summed E-state index contributed by atoms with van der Waals surface area (Å²) >= 11 is 0. The van der Waals surface area contributed by atoms with Gasteiger partial charge in [-0.2, -0.15) is 5.10 Å². The molecule has 0 radical (unpaired) electrons. The summed E-state index contributed by atoms with van der Waals surface area (Å²) in [4.78, 5) is 12.3. The first-order chi connectivity index (χ1) is 9.27. The molecule has 2 rings (SSSR count). The Labute approximate surface area is 119 Å². The van der Waals surface area contributed by atoms with E-state index in [4.69, 9.17) is 0 Å². The minimum absolute atomic E-state index is 0.0518. The summed E-state index contributed by atoms with van der Waals surface area (Å²) < 4.78 is 26.3. The third-order valence-electron chi connectivity index (χ3n) is 3.74. The maximum atomic E-state index is 12.3. The monoisotopic (exact) mass is 299 g/mol. The molecule has 0 bridgehead atoms. The molecule has 2 heterocycles. The second-order valence-corrected chi connectivity index (χ2v) is 7.54. The fourth-order valence-electron chi connectivity index (χ4n) is 2.74. The van der Waals surface area contributed by atoms with Crippen molar-refractivity contribution in [3.05, 3.63) is 17.5 Å². The van der Waals surface area contributed by atoms with Crippen molar-refractivity contribution in [3.8, 4) is 0 Å². The largest absolute Gasteiger partial charge is 0.294 e. The van der Waals surface area contributed by atoms with E-state index in [9.17, 15) is 13.2 Å². The van der Waals surface area contributed by atoms with Gasteiger partial charge in [0.05, 0.1) is 17.5 Å². The highest BCUT2D eigenvalue weighted by Gasteiger charge is 2.28. The Morgan fingerprint density at radius 2 is 2.20 bits per heavy atom. The van der Waals surface area contributed by atoms with Crippen LogP contribution in [0.4, 0.5) is 0 Å². The van der Waals surface area contributed by atoms with E-state index in [2.05, 4.69) is 5.10 Å². The summed E-state index contributed by atoms with van der Waals surface area (Å²) in [5, 5.41) is 4.17. The van der Waals surface area contributed by atoms with E-state index in [1.807, 2.05) is 6.92 Å². The van der Waals surface area contributed by atoms with Crippen molar-refractivity contribution < 1.29 is 13.2 Å². The van der Waals surface area contributed by atoms with Gasteiger partial charge in [0.15, 0.2) is 5.78 Å². The first-order valence-corrected chi connectivity index (χ1v) is 8.61. The van der Waals surface area contributed by atoms with Gasteiger partial charge < -0.3 is 0 Å². The fraction of sp³-hybridized carbons (Fsp3) is 0.692. The minimum atomic E-state index is -3.16. The maximum absolute atomic E-state index is 12.3. The zero-order valence-electron chi connectivity index (χ0n) is 12.2. The maximum Gasteiger partial charge on any atom is 0.211 e. The lowest BCUT2D eigenvalue weighted by atomic mass is 9.92. The first kappa shape index (κ1) is 15.2. The first-order valence-electron chi connectivity index (χ1n) is 6.76. The summed E-state index contributed by atoms with van der Waals surface area (Å²) in [5.41, 5.74) is 1.37. The minimum Gasteiger partial charge on any atom is -0.294 e. The lowest BCUT2D eigenvalue weighted by Gasteiger charge is -2.30. The van der Waals surface area contributed by atoms with Crippen LogP contribution in [-0.4, -0.2) is 47.6 Å². The second kappa shape index (κ2) is 5.65. The molecule has 1 unspecified atom stereocenters. The molecule has 1 fully saturated rings. The average Bonchev–Trinajstić information content (AvgIpc) is 2.68. The molecule has 0 aromatic carbocycles. The Bertz CT molecular complexity index is 606. The summed E-state index contributed by atoms with van der Waals surface area (Å²) in [7, 11) is -1.37. The topological polar surface area (TPSA) is 72.3 Å². The molecule has 0 aliphatic carbocycles. The zero-order valence-corrected chi connectivity index (χ0v) is 13.0. The Morgan fingerprint density at radius 3 is 2.75 bits per heavy atom. The molecule has 20 heavy (non-hydrogen) atoms. The molecule has 7 heteroatoms. The highest BCUT2D eigenvalue weighted by molar-refractivity contribution is 7.88. The van der Waals surface area contributed by atoms with Crippen molar-refractivity contribution >= 4 is 15.8 Å². The Balaban J connectivity index is 2.03. The van der Waals surface area contributed by atoms with Gasteiger partial charge in [-0.3, -0.25) is 9.48 Å². The van der Waals surface area contributed by atoms with Crippen LogP contribution in [0.1, 0.15) is 35.3 Å². The van der Waals surface area contributed by atoms with Gasteiger partial charge in [-0.05, 0) is 25.7 Å². The smallest absolute Gasteiger partial charge is 0.211 e. The van der Waals surface area contributed by atoms with Crippen molar-refractivity contribution in [1.29, 1.82) is 0 Å². The fourth-order valence-corrected chi connectivity index (χ4v) is 3.68. The Hall–Kier alpha value is -1.21. The molecule has 0 spiro atoms. The third kappa shape index (κ3) is 3.46. The predicted octanol–water partition coefficient (Wildman–Crippen LogP) is 0.973. The van der Waals surface area contributed by atoms with Crippen LogP contribution in [0.25, 0.3) is 0 Å². The predicted molar refractivity (Wildman–Crippen MR) is 76.0 cm³/mol. The van der Waals surface area contributed by atoms with E-state index >= 15 is 0 Å². The van der Waals surface area contributed by atoms with Gasteiger partial charge >= 0.3 is 0 Å². The number of Topliss-reactive ketones (excluding diaryl/α,β-unsaturated/α-hetero) is 1. The van der Waals surface area contributed by atoms with Crippen molar-refractivity contribution in [2.75, 3.05) is 19.3 Å². The van der Waals surface area contributed by atoms with E-state index in [1.165, 1.54) is 10.6 Å². The summed E-state index contributed by atoms with van der Waals surface area (Å²) in [5.74, 6) is 0.154. The van der Waals surface area contributed by atoms with Crippen LogP contribution in [0, 0.1) is 12.8 Å². The number of ketones is 1. The zero-order chi connectivity index (χ0) is 14.9. The molecule has 0 saturated carbocycles. The lowest BCUT2D eigenvalue weighted by Crippen LogP contribution is -2.39. The van der Waals surface area contributed by atoms with Gasteiger partial charge in [0.1, 0.15) is 0 Å². The molecule has 0 amide bonds. The van der Waals surface area contributed by atoms with Gasteiger partial charge in [0, 0.05) is 32.8 Å². The number of nitrogens with zero attached hydrogens (tertiary/aromatic N) is 3. The van der Waals surface area contributed by atoms with Crippen molar-refractivity contribution in [2.45, 2.75) is 26.2 Å². The third-order valence-corrected chi connectivity index (χ3v) is 5.01. The van der Waals surface area contributed by atoms with Crippen LogP contribution in [0.5, 0.6) is 0 Å². The average molecular weight is 299 g/mol. The van der Waals surface area contributed by atoms with Gasteiger partial charge in [0.2, 0.25) is 10.0 Å². The number of piperidine rings is 1. The van der Waals surface area contributed by atoms with Crippen molar-refractivity contribution in [1.82, 2.24) is 14.1 Å². The number of sulfonamides is 1. The molecule has 0 N–H and O–H groups in total. The number of hydrogen-bond donors (Lipinski definition) is 0. The van der Waals surface area contributed by atoms with E-state index in [-0.39, 0.29) is 11.7 Å². The second-order valence-electron chi connectivity index (χ2n) is 5.56. The Kier molecular flexibility index (Phi) is 4.29. The van der Waals surface area contributed by atoms with Crippen LogP contribution in [0.3, 0.4) is 0 Å². The molecule has 1 aromatic rings. The number of carbonyl (C=O) groups is 1. The van der Waals surface area contributed by atoms with Crippen LogP contribution in [-0.2, 0) is 17.1 Å². The highest BCUT2D eigenvalue weighted by atomic mass is 32.2. The molecule has 6 nitrogen and oxygen atoms in total. The summed E-state index contributed by atoms with van der Waals surface area (Å²) in [6.07, 6.45) is 5.06. The number of rotatable bonds is 4. The number of aryl methyl sites for hydroxylation is 2. The van der Waals surface area contributed by atoms with Crippen LogP contribution >= 0.6 is 0 Å². The van der Waals surface area contributed by atoms with Gasteiger partial charge in [-0.15, -0.1) is 0 Å². The van der Waals surface area contributed by atoms with Crippen molar-refractivity contribution in [2.24, 2.45) is 13.0 Å². The molecular weight excluding hydrogens is 278 g/mol. The number of aromatic nitrogens is 2. The molecular formula is C13H21N3O3S. The highest BCUT2D eigenvalue weighted by Crippen LogP contribution is 2.23. The normalized spacial score (nSPS) is 21.1. The molecule has 1 aromatic heterocycles.